The van der Waals surface area contributed by atoms with Gasteiger partial charge in [0.2, 0.25) is 0 Å². The first-order chi connectivity index (χ1) is 5.11. The second-order valence-electron chi connectivity index (χ2n) is 2.04. The zero-order chi connectivity index (χ0) is 8.43. The van der Waals surface area contributed by atoms with Crippen molar-refractivity contribution in [3.8, 4) is 0 Å². The van der Waals surface area contributed by atoms with Gasteiger partial charge < -0.3 is 28.3 Å². The van der Waals surface area contributed by atoms with Crippen molar-refractivity contribution < 1.29 is 61.8 Å². The van der Waals surface area contributed by atoms with Gasteiger partial charge in [0, 0.05) is 5.69 Å². The predicted molar refractivity (Wildman–Crippen MR) is 40.8 cm³/mol. The maximum atomic E-state index is 10.3. The molecule has 0 saturated carbocycles. The van der Waals surface area contributed by atoms with Crippen molar-refractivity contribution in [2.45, 2.75) is 4.90 Å². The molecular weight excluding hydrogens is 382 g/mol. The summed E-state index contributed by atoms with van der Waals surface area (Å²) >= 11 is 4.71. The van der Waals surface area contributed by atoms with E-state index in [4.69, 9.17) is 18.4 Å². The quantitative estimate of drug-likeness (QED) is 0.309. The molecule has 0 aliphatic carbocycles. The molecule has 0 aliphatic heterocycles. The molecule has 0 aromatic heterocycles. The zero-order valence-corrected chi connectivity index (χ0v) is 11.8. The van der Waals surface area contributed by atoms with E-state index < -0.39 is 5.97 Å². The Balaban J connectivity index is 0. The number of carbonyl (C=O) groups excluding carboxylic acids is 1. The molecule has 0 spiro atoms. The van der Waals surface area contributed by atoms with E-state index in [0.717, 1.165) is 0 Å². The van der Waals surface area contributed by atoms with Crippen LogP contribution in [0.15, 0.2) is 23.1 Å². The molecule has 0 heterocycles. The van der Waals surface area contributed by atoms with Crippen LogP contribution in [0.2, 0.25) is 0 Å². The fourth-order valence-electron chi connectivity index (χ4n) is 0.708. The zero-order valence-electron chi connectivity index (χ0n) is 6.84. The van der Waals surface area contributed by atoms with Crippen molar-refractivity contribution in [1.82, 2.24) is 0 Å². The minimum Gasteiger partial charge on any atom is -0.779 e. The normalized spacial score (nSPS) is 8.00. The molecule has 13 heavy (non-hydrogen) atoms. The van der Waals surface area contributed by atoms with Gasteiger partial charge in [0.25, 0.3) is 0 Å². The van der Waals surface area contributed by atoms with Gasteiger partial charge >= 0.3 is 51.9 Å². The minimum absolute atomic E-state index is 0. The van der Waals surface area contributed by atoms with Crippen LogP contribution in [0.5, 0.6) is 0 Å². The summed E-state index contributed by atoms with van der Waals surface area (Å²) in [5.74, 6) is -1.27. The predicted octanol–water partition coefficient (Wildman–Crippen LogP) is -3.46. The number of nitrogens with two attached hydrogens (primary N) is 1. The number of nitrogen functional groups attached to an aromatic ring is 1. The summed E-state index contributed by atoms with van der Waals surface area (Å²) in [6.45, 7) is 0. The van der Waals surface area contributed by atoms with E-state index in [1.54, 1.807) is 0 Å². The molecule has 0 aliphatic rings. The topological polar surface area (TPSA) is 66.2 Å². The first kappa shape index (κ1) is 15.9. The van der Waals surface area contributed by atoms with Gasteiger partial charge in [0.15, 0.2) is 0 Å². The smallest absolute Gasteiger partial charge is 0.779 e. The van der Waals surface area contributed by atoms with E-state index in [0.29, 0.717) is 5.69 Å². The van der Waals surface area contributed by atoms with Crippen LogP contribution in [0.3, 0.4) is 0 Å². The number of hydrogen-bond acceptors (Lipinski definition) is 4. The second-order valence-corrected chi connectivity index (χ2v) is 2.48. The van der Waals surface area contributed by atoms with Gasteiger partial charge in [-0.1, -0.05) is 12.1 Å². The van der Waals surface area contributed by atoms with Crippen molar-refractivity contribution >= 4 is 24.3 Å². The molecule has 2 N–H and O–H groups in total. The van der Waals surface area contributed by atoms with Crippen molar-refractivity contribution in [3.63, 3.8) is 0 Å². The molecule has 0 saturated heterocycles. The average molecular weight is 387 g/mol. The van der Waals surface area contributed by atoms with E-state index in [1.807, 2.05) is 0 Å². The Morgan fingerprint density at radius 3 is 2.38 bits per heavy atom. The van der Waals surface area contributed by atoms with Crippen molar-refractivity contribution in [2.24, 2.45) is 0 Å². The Labute approximate surface area is 119 Å². The standard InChI is InChI=1S/C7H7NO2S.Au.Na/c8-4-1-2-5(7(9)10)6(11)3-4;;/h1-3,11H,8H2,(H,9,10);;/q;2*+1/p-2. The Kier molecular flexibility index (Phi) is 8.36. The Hall–Kier alpha value is 0.450. The second kappa shape index (κ2) is 6.84. The van der Waals surface area contributed by atoms with E-state index in [1.165, 1.54) is 18.2 Å². The average Bonchev–Trinajstić information content (AvgIpc) is 1.85. The van der Waals surface area contributed by atoms with Crippen molar-refractivity contribution in [3.05, 3.63) is 23.8 Å². The third kappa shape index (κ3) is 4.47. The van der Waals surface area contributed by atoms with Gasteiger partial charge in [0.1, 0.15) is 0 Å². The van der Waals surface area contributed by atoms with Crippen LogP contribution in [-0.2, 0) is 35.0 Å². The molecule has 3 nitrogen and oxygen atoms in total. The number of benzene rings is 1. The molecule has 0 fully saturated rings. The summed E-state index contributed by atoms with van der Waals surface area (Å²) in [7, 11) is 0. The summed E-state index contributed by atoms with van der Waals surface area (Å²) in [4.78, 5) is 10.5. The van der Waals surface area contributed by atoms with Crippen LogP contribution in [-0.4, -0.2) is 5.97 Å². The molecular formula is C7H5AuNNaO2S. The number of carbonyl (C=O) groups is 1. The molecule has 1 aromatic carbocycles. The number of anilines is 1. The number of rotatable bonds is 1. The molecule has 0 amide bonds. The Morgan fingerprint density at radius 1 is 1.46 bits per heavy atom. The summed E-state index contributed by atoms with van der Waals surface area (Å²) in [6.07, 6.45) is 0. The van der Waals surface area contributed by atoms with Crippen LogP contribution in [0.4, 0.5) is 5.69 Å². The molecule has 0 unspecified atom stereocenters. The monoisotopic (exact) mass is 387 g/mol. The van der Waals surface area contributed by atoms with E-state index in [-0.39, 0.29) is 62.4 Å². The molecule has 0 bridgehead atoms. The van der Waals surface area contributed by atoms with Crippen LogP contribution in [0, 0.1) is 0 Å². The summed E-state index contributed by atoms with van der Waals surface area (Å²) < 4.78 is 0. The number of aromatic carboxylic acids is 1. The van der Waals surface area contributed by atoms with Gasteiger partial charge in [0.05, 0.1) is 5.97 Å². The number of carboxylic acids is 1. The maximum absolute atomic E-state index is 10.3. The fourth-order valence-corrected chi connectivity index (χ4v) is 0.995. The van der Waals surface area contributed by atoms with Crippen LogP contribution in [0.25, 0.3) is 0 Å². The first-order valence-corrected chi connectivity index (χ1v) is 3.30. The molecule has 0 atom stereocenters. The van der Waals surface area contributed by atoms with Crippen LogP contribution in [0.1, 0.15) is 10.4 Å². The molecule has 1 aromatic rings. The summed E-state index contributed by atoms with van der Waals surface area (Å²) in [5.41, 5.74) is 5.81. The minimum atomic E-state index is -1.27. The number of hydrogen-bond donors (Lipinski definition) is 1. The number of carboxylic acid groups (broad SMARTS) is 1. The molecule has 68 valence electrons. The maximum Gasteiger partial charge on any atom is 1.00 e. The summed E-state index contributed by atoms with van der Waals surface area (Å²) in [6, 6.07) is 4.23. The van der Waals surface area contributed by atoms with Gasteiger partial charge in [-0.3, -0.25) is 0 Å². The first-order valence-electron chi connectivity index (χ1n) is 2.89. The van der Waals surface area contributed by atoms with Gasteiger partial charge in [-0.2, -0.15) is 4.90 Å². The molecule has 1 rings (SSSR count). The Bertz CT molecular complexity index is 309. The van der Waals surface area contributed by atoms with Crippen LogP contribution >= 0.6 is 0 Å². The van der Waals surface area contributed by atoms with Crippen molar-refractivity contribution in [1.29, 1.82) is 0 Å². The van der Waals surface area contributed by atoms with E-state index >= 15 is 0 Å². The van der Waals surface area contributed by atoms with Gasteiger partial charge in [-0.15, -0.1) is 0 Å². The molecule has 6 heteroatoms. The van der Waals surface area contributed by atoms with Crippen LogP contribution < -0.4 is 40.4 Å². The van der Waals surface area contributed by atoms with E-state index in [2.05, 4.69) is 0 Å². The third-order valence-corrected chi connectivity index (χ3v) is 1.56. The summed E-state index contributed by atoms with van der Waals surface area (Å²) in [5, 5.41) is 10.3. The van der Waals surface area contributed by atoms with E-state index in [9.17, 15) is 9.90 Å². The van der Waals surface area contributed by atoms with Gasteiger partial charge in [-0.25, -0.2) is 0 Å². The largest absolute Gasteiger partial charge is 1.00 e. The molecule has 0 radical (unpaired) electrons. The van der Waals surface area contributed by atoms with Crippen molar-refractivity contribution in [2.75, 3.05) is 5.73 Å². The Morgan fingerprint density at radius 2 is 2.00 bits per heavy atom. The third-order valence-electron chi connectivity index (χ3n) is 1.23. The van der Waals surface area contributed by atoms with Gasteiger partial charge in [-0.05, 0) is 11.6 Å². The SMILES string of the molecule is Nc1ccc(C(=O)[O-])c([S-])c1.[Au+].[Na+]. The fraction of sp³-hybridized carbons (Fsp3) is 0.